The summed E-state index contributed by atoms with van der Waals surface area (Å²) >= 11 is 0. The number of benzene rings is 1. The van der Waals surface area contributed by atoms with Gasteiger partial charge in [-0.05, 0) is 24.3 Å². The van der Waals surface area contributed by atoms with E-state index in [1.54, 1.807) is 24.5 Å². The van der Waals surface area contributed by atoms with E-state index in [4.69, 9.17) is 10.2 Å². The smallest absolute Gasteiger partial charge is 0.226 e. The number of aliphatic imine (C=N–C) groups is 1. The van der Waals surface area contributed by atoms with Crippen LogP contribution < -0.4 is 11.1 Å². The molecule has 118 valence electrons. The minimum Gasteiger partial charge on any atom is -0.444 e. The monoisotopic (exact) mass is 416 g/mol. The average Bonchev–Trinajstić information content (AvgIpc) is 2.95. The molecule has 22 heavy (non-hydrogen) atoms. The molecule has 0 amide bonds. The Morgan fingerprint density at radius 2 is 2.14 bits per heavy atom. The van der Waals surface area contributed by atoms with Gasteiger partial charge in [-0.25, -0.2) is 9.37 Å². The third kappa shape index (κ3) is 5.47. The van der Waals surface area contributed by atoms with Crippen LogP contribution in [-0.4, -0.2) is 24.0 Å². The van der Waals surface area contributed by atoms with E-state index in [-0.39, 0.29) is 29.8 Å². The molecule has 3 N–H and O–H groups in total. The summed E-state index contributed by atoms with van der Waals surface area (Å²) in [6.07, 6.45) is 3.89. The quantitative estimate of drug-likeness (QED) is 0.329. The third-order valence-electron chi connectivity index (χ3n) is 2.72. The number of rotatable bonds is 6. The summed E-state index contributed by atoms with van der Waals surface area (Å²) < 4.78 is 18.2. The van der Waals surface area contributed by atoms with Crippen molar-refractivity contribution >= 4 is 29.9 Å². The van der Waals surface area contributed by atoms with Gasteiger partial charge in [0.15, 0.2) is 5.96 Å². The number of halogens is 2. The van der Waals surface area contributed by atoms with Crippen molar-refractivity contribution in [1.82, 2.24) is 10.3 Å². The van der Waals surface area contributed by atoms with E-state index in [0.29, 0.717) is 31.4 Å². The van der Waals surface area contributed by atoms with Crippen LogP contribution in [0.5, 0.6) is 0 Å². The molecule has 1 heterocycles. The first-order valence-corrected chi connectivity index (χ1v) is 6.54. The van der Waals surface area contributed by atoms with Crippen molar-refractivity contribution < 1.29 is 8.81 Å². The lowest BCUT2D eigenvalue weighted by Gasteiger charge is -2.00. The summed E-state index contributed by atoms with van der Waals surface area (Å²) in [5.74, 6) is 0.547. The molecule has 0 spiro atoms. The largest absolute Gasteiger partial charge is 0.444 e. The molecule has 0 atom stereocenters. The topological polar surface area (TPSA) is 76.4 Å². The van der Waals surface area contributed by atoms with Gasteiger partial charge in [0.2, 0.25) is 5.89 Å². The maximum Gasteiger partial charge on any atom is 0.226 e. The first-order chi connectivity index (χ1) is 10.2. The summed E-state index contributed by atoms with van der Waals surface area (Å²) in [6.45, 7) is 4.66. The molecule has 0 aliphatic rings. The van der Waals surface area contributed by atoms with Crippen LogP contribution in [0.15, 0.2) is 52.6 Å². The lowest BCUT2D eigenvalue weighted by molar-refractivity contribution is 0.572. The normalized spacial score (nSPS) is 10.9. The van der Waals surface area contributed by atoms with Crippen molar-refractivity contribution in [3.8, 4) is 11.5 Å². The average molecular weight is 416 g/mol. The maximum atomic E-state index is 12.8. The van der Waals surface area contributed by atoms with Crippen molar-refractivity contribution in [1.29, 1.82) is 0 Å². The third-order valence-corrected chi connectivity index (χ3v) is 2.72. The van der Waals surface area contributed by atoms with Crippen LogP contribution in [0.4, 0.5) is 4.39 Å². The molecular formula is C15H18FIN4O. The number of nitrogens with zero attached hydrogens (tertiary/aromatic N) is 2. The Bertz CT molecular complexity index is 625. The Morgan fingerprint density at radius 3 is 2.82 bits per heavy atom. The zero-order valence-corrected chi connectivity index (χ0v) is 14.3. The van der Waals surface area contributed by atoms with E-state index >= 15 is 0 Å². The summed E-state index contributed by atoms with van der Waals surface area (Å²) in [6, 6.07) is 5.99. The number of nitrogens with one attached hydrogen (secondary N) is 1. The van der Waals surface area contributed by atoms with Crippen molar-refractivity contribution in [2.75, 3.05) is 13.1 Å². The number of oxazole rings is 1. The number of nitrogens with two attached hydrogens (primary N) is 1. The van der Waals surface area contributed by atoms with Crippen molar-refractivity contribution in [3.05, 3.63) is 54.7 Å². The van der Waals surface area contributed by atoms with Gasteiger partial charge in [0.1, 0.15) is 12.1 Å². The van der Waals surface area contributed by atoms with Gasteiger partial charge in [-0.1, -0.05) is 6.08 Å². The van der Waals surface area contributed by atoms with Gasteiger partial charge in [-0.3, -0.25) is 4.99 Å². The Morgan fingerprint density at radius 1 is 1.41 bits per heavy atom. The molecule has 0 fully saturated rings. The fourth-order valence-corrected chi connectivity index (χ4v) is 1.67. The minimum atomic E-state index is -0.289. The molecule has 0 aliphatic heterocycles. The summed E-state index contributed by atoms with van der Waals surface area (Å²) in [5.41, 5.74) is 7.15. The van der Waals surface area contributed by atoms with Crippen LogP contribution >= 0.6 is 24.0 Å². The van der Waals surface area contributed by atoms with Gasteiger partial charge >= 0.3 is 0 Å². The van der Waals surface area contributed by atoms with Gasteiger partial charge in [0.25, 0.3) is 0 Å². The number of hydrogen-bond donors (Lipinski definition) is 2. The molecule has 0 unspecified atom stereocenters. The second-order valence-electron chi connectivity index (χ2n) is 4.34. The standard InChI is InChI=1S/C15H17FN4O.HI/c1-2-8-18-15(17)19-9-7-13-10-21-14(20-13)11-3-5-12(16)6-4-11;/h2-6,10H,1,7-9H2,(H3,17,18,19);1H. The fraction of sp³-hybridized carbons (Fsp3) is 0.200. The Kier molecular flexibility index (Phi) is 7.58. The highest BCUT2D eigenvalue weighted by Gasteiger charge is 2.06. The molecule has 1 aromatic carbocycles. The van der Waals surface area contributed by atoms with E-state index in [1.165, 1.54) is 12.1 Å². The van der Waals surface area contributed by atoms with Gasteiger partial charge in [0.05, 0.1) is 5.69 Å². The Balaban J connectivity index is 0.00000242. The number of guanidine groups is 1. The minimum absolute atomic E-state index is 0. The Hall–Kier alpha value is -1.90. The molecule has 0 bridgehead atoms. The predicted octanol–water partition coefficient (Wildman–Crippen LogP) is 2.73. The van der Waals surface area contributed by atoms with Gasteiger partial charge in [0, 0.05) is 25.1 Å². The molecule has 0 radical (unpaired) electrons. The van der Waals surface area contributed by atoms with E-state index in [9.17, 15) is 4.39 Å². The molecule has 2 rings (SSSR count). The van der Waals surface area contributed by atoms with Crippen LogP contribution in [0.1, 0.15) is 5.69 Å². The van der Waals surface area contributed by atoms with Gasteiger partial charge in [-0.2, -0.15) is 0 Å². The van der Waals surface area contributed by atoms with Gasteiger partial charge in [-0.15, -0.1) is 30.6 Å². The molecule has 0 saturated carbocycles. The van der Waals surface area contributed by atoms with Crippen LogP contribution in [0, 0.1) is 5.82 Å². The molecule has 7 heteroatoms. The molecule has 5 nitrogen and oxygen atoms in total. The highest BCUT2D eigenvalue weighted by Crippen LogP contribution is 2.19. The highest BCUT2D eigenvalue weighted by molar-refractivity contribution is 14.0. The Labute approximate surface area is 145 Å². The molecular weight excluding hydrogens is 398 g/mol. The van der Waals surface area contributed by atoms with Crippen LogP contribution in [0.2, 0.25) is 0 Å². The van der Waals surface area contributed by atoms with Gasteiger partial charge < -0.3 is 15.5 Å². The van der Waals surface area contributed by atoms with Crippen LogP contribution in [0.3, 0.4) is 0 Å². The maximum absolute atomic E-state index is 12.8. The van der Waals surface area contributed by atoms with Crippen molar-refractivity contribution in [2.45, 2.75) is 6.42 Å². The van der Waals surface area contributed by atoms with Crippen molar-refractivity contribution in [3.63, 3.8) is 0 Å². The summed E-state index contributed by atoms with van der Waals surface area (Å²) in [4.78, 5) is 8.49. The molecule has 2 aromatic rings. The summed E-state index contributed by atoms with van der Waals surface area (Å²) in [7, 11) is 0. The van der Waals surface area contributed by atoms with E-state index < -0.39 is 0 Å². The SMILES string of the molecule is C=CCNC(N)=NCCc1coc(-c2ccc(F)cc2)n1.I. The first-order valence-electron chi connectivity index (χ1n) is 6.54. The number of aromatic nitrogens is 1. The van der Waals surface area contributed by atoms with Crippen molar-refractivity contribution in [2.24, 2.45) is 10.7 Å². The second kappa shape index (κ2) is 9.19. The predicted molar refractivity (Wildman–Crippen MR) is 95.7 cm³/mol. The zero-order chi connectivity index (χ0) is 15.1. The lowest BCUT2D eigenvalue weighted by Crippen LogP contribution is -2.31. The van der Waals surface area contributed by atoms with E-state index in [0.717, 1.165) is 11.3 Å². The zero-order valence-electron chi connectivity index (χ0n) is 12.0. The van der Waals surface area contributed by atoms with E-state index in [2.05, 4.69) is 21.9 Å². The van der Waals surface area contributed by atoms with E-state index in [1.807, 2.05) is 0 Å². The molecule has 0 aliphatic carbocycles. The second-order valence-corrected chi connectivity index (χ2v) is 4.34. The fourth-order valence-electron chi connectivity index (χ4n) is 1.67. The van der Waals surface area contributed by atoms with Crippen LogP contribution in [-0.2, 0) is 6.42 Å². The lowest BCUT2D eigenvalue weighted by atomic mass is 10.2. The van der Waals surface area contributed by atoms with Crippen LogP contribution in [0.25, 0.3) is 11.5 Å². The molecule has 0 saturated heterocycles. The summed E-state index contributed by atoms with van der Waals surface area (Å²) in [5, 5.41) is 2.89. The number of hydrogen-bond acceptors (Lipinski definition) is 3. The first kappa shape index (κ1) is 18.1. The molecule has 1 aromatic heterocycles. The highest BCUT2D eigenvalue weighted by atomic mass is 127.